The van der Waals surface area contributed by atoms with Crippen molar-refractivity contribution in [3.63, 3.8) is 0 Å². The van der Waals surface area contributed by atoms with Crippen LogP contribution in [0.1, 0.15) is 103 Å². The Morgan fingerprint density at radius 2 is 1.36 bits per heavy atom. The SMILES string of the molecule is CCCCCOC1CCC(C2CCC(C(=O)OC3CCC(F)CC3)CC2)CC1. The molecular weight excluding hydrogens is 355 g/mol. The normalized spacial score (nSPS) is 36.8. The first kappa shape index (κ1) is 22.1. The summed E-state index contributed by atoms with van der Waals surface area (Å²) in [5.41, 5.74) is 0. The quantitative estimate of drug-likeness (QED) is 0.353. The minimum atomic E-state index is -0.692. The predicted octanol–water partition coefficient (Wildman–Crippen LogP) is 6.38. The molecule has 0 aromatic carbocycles. The van der Waals surface area contributed by atoms with E-state index in [1.54, 1.807) is 0 Å². The Labute approximate surface area is 171 Å². The summed E-state index contributed by atoms with van der Waals surface area (Å²) in [6.07, 6.45) is 15.3. The summed E-state index contributed by atoms with van der Waals surface area (Å²) in [5, 5.41) is 0. The van der Waals surface area contributed by atoms with Gasteiger partial charge in [0.25, 0.3) is 0 Å². The average Bonchev–Trinajstić information content (AvgIpc) is 2.73. The van der Waals surface area contributed by atoms with Gasteiger partial charge in [0, 0.05) is 6.61 Å². The van der Waals surface area contributed by atoms with Crippen molar-refractivity contribution in [2.45, 2.75) is 122 Å². The van der Waals surface area contributed by atoms with E-state index in [0.717, 1.165) is 31.3 Å². The Kier molecular flexibility index (Phi) is 9.07. The molecule has 3 nitrogen and oxygen atoms in total. The minimum absolute atomic E-state index is 0.00931. The fourth-order valence-electron chi connectivity index (χ4n) is 5.56. The van der Waals surface area contributed by atoms with Gasteiger partial charge in [-0.15, -0.1) is 0 Å². The van der Waals surface area contributed by atoms with Crippen LogP contribution in [0.3, 0.4) is 0 Å². The number of ether oxygens (including phenoxy) is 2. The lowest BCUT2D eigenvalue weighted by Crippen LogP contribution is -2.33. The molecule has 0 spiro atoms. The molecule has 28 heavy (non-hydrogen) atoms. The highest BCUT2D eigenvalue weighted by molar-refractivity contribution is 5.72. The van der Waals surface area contributed by atoms with E-state index in [1.165, 1.54) is 57.8 Å². The number of carbonyl (C=O) groups excluding carboxylic acids is 1. The molecule has 0 amide bonds. The van der Waals surface area contributed by atoms with Gasteiger partial charge < -0.3 is 9.47 Å². The molecule has 0 unspecified atom stereocenters. The molecular formula is C24H41FO3. The van der Waals surface area contributed by atoms with Crippen molar-refractivity contribution in [3.05, 3.63) is 0 Å². The van der Waals surface area contributed by atoms with Gasteiger partial charge in [0.1, 0.15) is 12.3 Å². The van der Waals surface area contributed by atoms with Gasteiger partial charge in [0.15, 0.2) is 0 Å². The van der Waals surface area contributed by atoms with Gasteiger partial charge in [-0.25, -0.2) is 4.39 Å². The zero-order chi connectivity index (χ0) is 19.8. The van der Waals surface area contributed by atoms with E-state index in [9.17, 15) is 9.18 Å². The summed E-state index contributed by atoms with van der Waals surface area (Å²) in [6.45, 7) is 3.17. The number of esters is 1. The van der Waals surface area contributed by atoms with Crippen molar-refractivity contribution < 1.29 is 18.7 Å². The number of halogens is 1. The van der Waals surface area contributed by atoms with Gasteiger partial charge in [-0.3, -0.25) is 4.79 Å². The Balaban J connectivity index is 1.30. The maximum Gasteiger partial charge on any atom is 0.309 e. The fourth-order valence-corrected chi connectivity index (χ4v) is 5.56. The standard InChI is InChI=1S/C24H41FO3/c1-2-3-4-17-27-22-13-9-19(10-14-22)18-5-7-20(8-6-18)24(26)28-23-15-11-21(25)12-16-23/h18-23H,2-17H2,1H3. The average molecular weight is 397 g/mol. The molecule has 0 aromatic heterocycles. The van der Waals surface area contributed by atoms with Crippen LogP contribution < -0.4 is 0 Å². The summed E-state index contributed by atoms with van der Waals surface area (Å²) in [7, 11) is 0. The van der Waals surface area contributed by atoms with E-state index >= 15 is 0 Å². The molecule has 3 aliphatic rings. The van der Waals surface area contributed by atoms with Crippen LogP contribution in [0, 0.1) is 17.8 Å². The molecule has 0 heterocycles. The van der Waals surface area contributed by atoms with Crippen LogP contribution in [-0.2, 0) is 14.3 Å². The van der Waals surface area contributed by atoms with Gasteiger partial charge in [0.2, 0.25) is 0 Å². The third-order valence-electron chi connectivity index (χ3n) is 7.48. The van der Waals surface area contributed by atoms with Crippen molar-refractivity contribution in [1.29, 1.82) is 0 Å². The minimum Gasteiger partial charge on any atom is -0.462 e. The van der Waals surface area contributed by atoms with Gasteiger partial charge >= 0.3 is 5.97 Å². The second-order valence-corrected chi connectivity index (χ2v) is 9.54. The van der Waals surface area contributed by atoms with Crippen molar-refractivity contribution in [1.82, 2.24) is 0 Å². The summed E-state index contributed by atoms with van der Waals surface area (Å²) < 4.78 is 25.0. The third kappa shape index (κ3) is 6.71. The number of rotatable bonds is 8. The van der Waals surface area contributed by atoms with E-state index in [4.69, 9.17) is 9.47 Å². The zero-order valence-corrected chi connectivity index (χ0v) is 17.9. The molecule has 0 aromatic rings. The van der Waals surface area contributed by atoms with E-state index in [-0.39, 0.29) is 18.0 Å². The first-order chi connectivity index (χ1) is 13.7. The van der Waals surface area contributed by atoms with Crippen LogP contribution in [0.5, 0.6) is 0 Å². The lowest BCUT2D eigenvalue weighted by molar-refractivity contribution is -0.157. The van der Waals surface area contributed by atoms with E-state index in [1.807, 2.05) is 0 Å². The molecule has 3 aliphatic carbocycles. The van der Waals surface area contributed by atoms with Crippen LogP contribution in [-0.4, -0.2) is 31.0 Å². The second-order valence-electron chi connectivity index (χ2n) is 9.54. The number of carbonyl (C=O) groups is 1. The van der Waals surface area contributed by atoms with Gasteiger partial charge in [-0.1, -0.05) is 19.8 Å². The number of unbranched alkanes of at least 4 members (excludes halogenated alkanes) is 2. The topological polar surface area (TPSA) is 35.5 Å². The number of hydrogen-bond donors (Lipinski definition) is 0. The molecule has 3 saturated carbocycles. The first-order valence-corrected chi connectivity index (χ1v) is 12.1. The molecule has 162 valence electrons. The maximum absolute atomic E-state index is 13.2. The number of hydrogen-bond acceptors (Lipinski definition) is 3. The largest absolute Gasteiger partial charge is 0.462 e. The van der Waals surface area contributed by atoms with Crippen LogP contribution in [0.25, 0.3) is 0 Å². The van der Waals surface area contributed by atoms with Crippen LogP contribution >= 0.6 is 0 Å². The Morgan fingerprint density at radius 1 is 0.786 bits per heavy atom. The van der Waals surface area contributed by atoms with Crippen molar-refractivity contribution in [2.24, 2.45) is 17.8 Å². The molecule has 0 atom stereocenters. The van der Waals surface area contributed by atoms with Crippen molar-refractivity contribution in [2.75, 3.05) is 6.61 Å². The van der Waals surface area contributed by atoms with Gasteiger partial charge in [-0.05, 0) is 95.3 Å². The Bertz CT molecular complexity index is 445. The maximum atomic E-state index is 13.2. The highest BCUT2D eigenvalue weighted by atomic mass is 19.1. The van der Waals surface area contributed by atoms with Crippen LogP contribution in [0.4, 0.5) is 4.39 Å². The first-order valence-electron chi connectivity index (χ1n) is 12.1. The lowest BCUT2D eigenvalue weighted by Gasteiger charge is -2.37. The molecule has 0 N–H and O–H groups in total. The fraction of sp³-hybridized carbons (Fsp3) is 0.958. The molecule has 4 heteroatoms. The molecule has 0 aliphatic heterocycles. The summed E-state index contributed by atoms with van der Waals surface area (Å²) >= 11 is 0. The lowest BCUT2D eigenvalue weighted by atomic mass is 9.70. The predicted molar refractivity (Wildman–Crippen MR) is 110 cm³/mol. The molecule has 0 bridgehead atoms. The molecule has 0 saturated heterocycles. The van der Waals surface area contributed by atoms with Gasteiger partial charge in [0.05, 0.1) is 12.0 Å². The van der Waals surface area contributed by atoms with Crippen molar-refractivity contribution >= 4 is 5.97 Å². The smallest absolute Gasteiger partial charge is 0.309 e. The monoisotopic (exact) mass is 396 g/mol. The summed E-state index contributed by atoms with van der Waals surface area (Å²) in [4.78, 5) is 12.5. The summed E-state index contributed by atoms with van der Waals surface area (Å²) in [5.74, 6) is 1.68. The van der Waals surface area contributed by atoms with E-state index in [2.05, 4.69) is 6.92 Å². The summed E-state index contributed by atoms with van der Waals surface area (Å²) in [6, 6.07) is 0. The molecule has 0 radical (unpaired) electrons. The number of alkyl halides is 1. The molecule has 3 rings (SSSR count). The highest BCUT2D eigenvalue weighted by Gasteiger charge is 2.34. The third-order valence-corrected chi connectivity index (χ3v) is 7.48. The highest BCUT2D eigenvalue weighted by Crippen LogP contribution is 2.41. The Morgan fingerprint density at radius 3 is 1.96 bits per heavy atom. The second kappa shape index (κ2) is 11.5. The van der Waals surface area contributed by atoms with Crippen LogP contribution in [0.15, 0.2) is 0 Å². The Hall–Kier alpha value is -0.640. The van der Waals surface area contributed by atoms with Crippen LogP contribution in [0.2, 0.25) is 0 Å². The van der Waals surface area contributed by atoms with E-state index in [0.29, 0.717) is 31.8 Å². The van der Waals surface area contributed by atoms with E-state index < -0.39 is 6.17 Å². The zero-order valence-electron chi connectivity index (χ0n) is 17.9. The molecule has 3 fully saturated rings. The van der Waals surface area contributed by atoms with Gasteiger partial charge in [-0.2, -0.15) is 0 Å². The van der Waals surface area contributed by atoms with Crippen molar-refractivity contribution in [3.8, 4) is 0 Å².